The molecule has 0 bridgehead atoms. The van der Waals surface area contributed by atoms with E-state index in [1.54, 1.807) is 0 Å². The highest BCUT2D eigenvalue weighted by Crippen LogP contribution is 2.06. The molecule has 0 aromatic rings. The minimum atomic E-state index is 1.05. The summed E-state index contributed by atoms with van der Waals surface area (Å²) in [4.78, 5) is 0. The molecule has 0 heteroatoms. The Kier molecular flexibility index (Phi) is 3.59. The third-order valence-corrected chi connectivity index (χ3v) is 1.31. The van der Waals surface area contributed by atoms with E-state index in [2.05, 4.69) is 13.8 Å². The molecule has 0 saturated heterocycles. The van der Waals surface area contributed by atoms with Crippen LogP contribution in [0.2, 0.25) is 0 Å². The zero-order valence-corrected chi connectivity index (χ0v) is 5.91. The molecule has 0 rings (SSSR count). The first kappa shape index (κ1) is 5.87. The van der Waals surface area contributed by atoms with E-state index in [-0.39, 0.29) is 0 Å². The van der Waals surface area contributed by atoms with Crippen LogP contribution < -0.4 is 0 Å². The standard InChI is InChI=1S/C8H16/c1-4-6-7-8(3)5-2/h3-7H2,1-2H3/i3D. The maximum absolute atomic E-state index is 6.98. The smallest absolute Gasteiger partial charge is 0.0537 e. The van der Waals surface area contributed by atoms with Crippen molar-refractivity contribution in [3.8, 4) is 0 Å². The van der Waals surface area contributed by atoms with Gasteiger partial charge in [0.1, 0.15) is 0 Å². The quantitative estimate of drug-likeness (QED) is 0.491. The van der Waals surface area contributed by atoms with Crippen LogP contribution in [0.5, 0.6) is 0 Å². The van der Waals surface area contributed by atoms with Gasteiger partial charge in [0.15, 0.2) is 0 Å². The molecular formula is C8H16. The Bertz CT molecular complexity index is 84.6. The van der Waals surface area contributed by atoms with Crippen LogP contribution in [0.25, 0.3) is 0 Å². The molecule has 0 nitrogen and oxygen atoms in total. The number of hydrogen-bond acceptors (Lipinski definition) is 0. The lowest BCUT2D eigenvalue weighted by molar-refractivity contribution is 0.769. The Labute approximate surface area is 54.0 Å². The van der Waals surface area contributed by atoms with Gasteiger partial charge in [0.2, 0.25) is 0 Å². The SMILES string of the molecule is [2H]C=C(CC)CCCC. The Morgan fingerprint density at radius 3 is 2.75 bits per heavy atom. The maximum atomic E-state index is 6.98. The van der Waals surface area contributed by atoms with Gasteiger partial charge in [0.25, 0.3) is 0 Å². The summed E-state index contributed by atoms with van der Waals surface area (Å²) in [6.07, 6.45) is 4.63. The number of hydrogen-bond donors (Lipinski definition) is 0. The second kappa shape index (κ2) is 4.89. The number of allylic oxidation sites excluding steroid dienone is 1. The van der Waals surface area contributed by atoms with Gasteiger partial charge in [-0.05, 0) is 19.3 Å². The number of unbranched alkanes of at least 4 members (excludes halogenated alkanes) is 1. The monoisotopic (exact) mass is 113 g/mol. The minimum Gasteiger partial charge on any atom is -0.0999 e. The molecule has 0 aromatic carbocycles. The normalized spacial score (nSPS) is 13.8. The summed E-state index contributed by atoms with van der Waals surface area (Å²) in [5, 5.41) is 0. The Balaban J connectivity index is 3.33. The molecule has 8 heavy (non-hydrogen) atoms. The largest absolute Gasteiger partial charge is 0.0999 e. The molecule has 0 N–H and O–H groups in total. The van der Waals surface area contributed by atoms with Gasteiger partial charge in [-0.15, -0.1) is 0 Å². The van der Waals surface area contributed by atoms with Crippen molar-refractivity contribution >= 4 is 0 Å². The summed E-state index contributed by atoms with van der Waals surface area (Å²) in [7, 11) is 0. The van der Waals surface area contributed by atoms with Crippen molar-refractivity contribution in [1.29, 1.82) is 0 Å². The fraction of sp³-hybridized carbons (Fsp3) is 0.750. The molecule has 0 amide bonds. The molecular weight excluding hydrogens is 96.1 g/mol. The first-order chi connectivity index (χ1) is 4.35. The summed E-state index contributed by atoms with van der Waals surface area (Å²) in [6, 6.07) is 0. The zero-order chi connectivity index (χ0) is 7.11. The van der Waals surface area contributed by atoms with Gasteiger partial charge in [-0.3, -0.25) is 0 Å². The lowest BCUT2D eigenvalue weighted by Crippen LogP contribution is -1.76. The molecule has 0 aliphatic carbocycles. The van der Waals surface area contributed by atoms with Crippen LogP contribution in [0.4, 0.5) is 0 Å². The second-order valence-corrected chi connectivity index (χ2v) is 2.12. The van der Waals surface area contributed by atoms with Crippen molar-refractivity contribution in [2.75, 3.05) is 0 Å². The highest BCUT2D eigenvalue weighted by atomic mass is 13.9. The Morgan fingerprint density at radius 2 is 2.38 bits per heavy atom. The van der Waals surface area contributed by atoms with E-state index in [1.165, 1.54) is 25.0 Å². The fourth-order valence-corrected chi connectivity index (χ4v) is 0.581. The first-order valence-corrected chi connectivity index (χ1v) is 3.41. The van der Waals surface area contributed by atoms with Crippen molar-refractivity contribution in [2.45, 2.75) is 39.5 Å². The lowest BCUT2D eigenvalue weighted by atomic mass is 10.1. The molecule has 0 aromatic heterocycles. The van der Waals surface area contributed by atoms with E-state index in [0.29, 0.717) is 0 Å². The molecule has 0 atom stereocenters. The first-order valence-electron chi connectivity index (χ1n) is 3.99. The summed E-state index contributed by atoms with van der Waals surface area (Å²) < 4.78 is 6.98. The van der Waals surface area contributed by atoms with E-state index in [9.17, 15) is 0 Å². The van der Waals surface area contributed by atoms with Gasteiger partial charge in [0.05, 0.1) is 1.37 Å². The average Bonchev–Trinajstić information content (AvgIpc) is 1.91. The van der Waals surface area contributed by atoms with Gasteiger partial charge in [-0.25, -0.2) is 0 Å². The van der Waals surface area contributed by atoms with Crippen LogP contribution in [0.1, 0.15) is 40.9 Å². The fourth-order valence-electron chi connectivity index (χ4n) is 0.581. The Hall–Kier alpha value is -0.260. The van der Waals surface area contributed by atoms with Crippen LogP contribution in [0.3, 0.4) is 0 Å². The third kappa shape index (κ3) is 3.91. The molecule has 0 unspecified atom stereocenters. The van der Waals surface area contributed by atoms with Gasteiger partial charge in [0, 0.05) is 0 Å². The highest BCUT2D eigenvalue weighted by molar-refractivity contribution is 4.91. The Morgan fingerprint density at radius 1 is 1.62 bits per heavy atom. The molecule has 0 radical (unpaired) electrons. The topological polar surface area (TPSA) is 0 Å². The lowest BCUT2D eigenvalue weighted by Gasteiger charge is -1.97. The van der Waals surface area contributed by atoms with Gasteiger partial charge in [-0.2, -0.15) is 0 Å². The van der Waals surface area contributed by atoms with Crippen molar-refractivity contribution in [2.24, 2.45) is 0 Å². The highest BCUT2D eigenvalue weighted by Gasteiger charge is 1.86. The van der Waals surface area contributed by atoms with Crippen molar-refractivity contribution in [1.82, 2.24) is 0 Å². The summed E-state index contributed by atoms with van der Waals surface area (Å²) in [6.45, 7) is 5.78. The zero-order valence-electron chi connectivity index (χ0n) is 6.91. The maximum Gasteiger partial charge on any atom is 0.0537 e. The van der Waals surface area contributed by atoms with Crippen molar-refractivity contribution in [3.05, 3.63) is 12.1 Å². The van der Waals surface area contributed by atoms with Crippen LogP contribution in [0.15, 0.2) is 12.1 Å². The van der Waals surface area contributed by atoms with Crippen LogP contribution in [0, 0.1) is 0 Å². The predicted octanol–water partition coefficient (Wildman–Crippen LogP) is 3.14. The molecule has 0 aliphatic heterocycles. The summed E-state index contributed by atoms with van der Waals surface area (Å²) in [5.74, 6) is 0. The van der Waals surface area contributed by atoms with Gasteiger partial charge in [-0.1, -0.05) is 32.4 Å². The summed E-state index contributed by atoms with van der Waals surface area (Å²) in [5.41, 5.74) is 1.27. The van der Waals surface area contributed by atoms with Gasteiger partial charge < -0.3 is 0 Å². The van der Waals surface area contributed by atoms with E-state index < -0.39 is 0 Å². The van der Waals surface area contributed by atoms with Crippen LogP contribution >= 0.6 is 0 Å². The predicted molar refractivity (Wildman–Crippen MR) is 39.0 cm³/mol. The second-order valence-electron chi connectivity index (χ2n) is 2.12. The minimum absolute atomic E-state index is 1.05. The molecule has 0 fully saturated rings. The van der Waals surface area contributed by atoms with E-state index in [0.717, 1.165) is 12.8 Å². The van der Waals surface area contributed by atoms with E-state index in [4.69, 9.17) is 1.37 Å². The molecule has 48 valence electrons. The number of rotatable bonds is 4. The van der Waals surface area contributed by atoms with Crippen molar-refractivity contribution < 1.29 is 1.37 Å². The van der Waals surface area contributed by atoms with Gasteiger partial charge >= 0.3 is 0 Å². The molecule has 0 saturated carbocycles. The molecule has 0 spiro atoms. The summed E-state index contributed by atoms with van der Waals surface area (Å²) >= 11 is 0. The van der Waals surface area contributed by atoms with Crippen molar-refractivity contribution in [3.63, 3.8) is 0 Å². The average molecular weight is 113 g/mol. The van der Waals surface area contributed by atoms with Crippen LogP contribution in [-0.2, 0) is 0 Å². The molecule has 0 heterocycles. The van der Waals surface area contributed by atoms with E-state index >= 15 is 0 Å². The van der Waals surface area contributed by atoms with Crippen LogP contribution in [-0.4, -0.2) is 0 Å². The third-order valence-electron chi connectivity index (χ3n) is 1.31. The molecule has 0 aliphatic rings. The van der Waals surface area contributed by atoms with E-state index in [1.807, 2.05) is 0 Å².